The number of aliphatic imine (C=N–C) groups is 1. The van der Waals surface area contributed by atoms with Crippen molar-refractivity contribution in [2.24, 2.45) is 4.99 Å². The Labute approximate surface area is 97.1 Å². The second kappa shape index (κ2) is 5.23. The van der Waals surface area contributed by atoms with Gasteiger partial charge in [0.15, 0.2) is 5.37 Å². The number of sulfone groups is 1. The predicted octanol–water partition coefficient (Wildman–Crippen LogP) is 1.18. The van der Waals surface area contributed by atoms with Crippen LogP contribution < -0.4 is 0 Å². The molecule has 0 aliphatic carbocycles. The molecule has 0 bridgehead atoms. The zero-order valence-electron chi connectivity index (χ0n) is 10.1. The van der Waals surface area contributed by atoms with Crippen LogP contribution in [0.2, 0.25) is 0 Å². The van der Waals surface area contributed by atoms with Crippen molar-refractivity contribution >= 4 is 16.6 Å². The second-order valence-electron chi connectivity index (χ2n) is 3.49. The minimum atomic E-state index is -3.53. The highest BCUT2D eigenvalue weighted by atomic mass is 32.2. The number of aliphatic hydroxyl groups excluding tert-OH is 1. The van der Waals surface area contributed by atoms with Gasteiger partial charge in [-0.15, -0.1) is 0 Å². The largest absolute Gasteiger partial charge is 0.396 e. The molecule has 0 aliphatic heterocycles. The third kappa shape index (κ3) is 2.68. The van der Waals surface area contributed by atoms with Crippen molar-refractivity contribution < 1.29 is 13.5 Å². The minimum Gasteiger partial charge on any atom is -0.396 e. The van der Waals surface area contributed by atoms with Crippen LogP contribution in [0.15, 0.2) is 34.2 Å². The Bertz CT molecular complexity index is 470. The third-order valence-electron chi connectivity index (χ3n) is 2.28. The Morgan fingerprint density at radius 1 is 1.50 bits per heavy atom. The molecule has 0 fully saturated rings. The summed E-state index contributed by atoms with van der Waals surface area (Å²) in [5.74, 6) is 0. The maximum absolute atomic E-state index is 12.1. The number of hydrogen-bond acceptors (Lipinski definition) is 4. The molecule has 1 aromatic rings. The van der Waals surface area contributed by atoms with Gasteiger partial charge in [-0.3, -0.25) is 4.99 Å². The fourth-order valence-electron chi connectivity index (χ4n) is 1.33. The van der Waals surface area contributed by atoms with Crippen LogP contribution in [0.25, 0.3) is 0 Å². The Balaban J connectivity index is 2.99. The van der Waals surface area contributed by atoms with Gasteiger partial charge in [0.1, 0.15) is 0 Å². The van der Waals surface area contributed by atoms with Crippen molar-refractivity contribution in [2.45, 2.75) is 23.6 Å². The minimum absolute atomic E-state index is 0.00871. The molecule has 0 saturated heterocycles. The SMILES string of the molecule is [3H]OCCC(N=C)S(=O)(=O)c1ccc(C)cc1. The van der Waals surface area contributed by atoms with Gasteiger partial charge in [0.25, 0.3) is 0 Å². The van der Waals surface area contributed by atoms with Gasteiger partial charge in [0.05, 0.1) is 4.90 Å². The first-order valence-corrected chi connectivity index (χ1v) is 6.41. The van der Waals surface area contributed by atoms with Gasteiger partial charge in [-0.25, -0.2) is 8.42 Å². The van der Waals surface area contributed by atoms with E-state index in [1.807, 2.05) is 6.92 Å². The number of aliphatic hydroxyl groups is 1. The molecular weight excluding hydrogens is 226 g/mol. The van der Waals surface area contributed by atoms with E-state index >= 15 is 0 Å². The van der Waals surface area contributed by atoms with Crippen LogP contribution in [0.1, 0.15) is 12.0 Å². The van der Waals surface area contributed by atoms with Gasteiger partial charge in [0.2, 0.25) is 11.3 Å². The molecule has 5 heteroatoms. The Kier molecular flexibility index (Phi) is 3.69. The van der Waals surface area contributed by atoms with Gasteiger partial charge in [-0.05, 0) is 25.8 Å². The van der Waals surface area contributed by atoms with Gasteiger partial charge >= 0.3 is 0 Å². The molecule has 0 spiro atoms. The van der Waals surface area contributed by atoms with Crippen LogP contribution in [0.3, 0.4) is 0 Å². The van der Waals surface area contributed by atoms with Crippen molar-refractivity contribution in [2.75, 3.05) is 6.61 Å². The molecule has 1 unspecified atom stereocenters. The monoisotopic (exact) mass is 243 g/mol. The molecule has 4 nitrogen and oxygen atoms in total. The van der Waals surface area contributed by atoms with E-state index in [-0.39, 0.29) is 17.9 Å². The van der Waals surface area contributed by atoms with Crippen molar-refractivity contribution in [1.29, 1.82) is 1.43 Å². The average Bonchev–Trinajstić information content (AvgIpc) is 2.30. The summed E-state index contributed by atoms with van der Waals surface area (Å²) in [6.07, 6.45) is 0.128. The maximum atomic E-state index is 12.1. The maximum Gasteiger partial charge on any atom is 0.210 e. The van der Waals surface area contributed by atoms with Crippen LogP contribution >= 0.6 is 0 Å². The van der Waals surface area contributed by atoms with Gasteiger partial charge < -0.3 is 5.11 Å². The van der Waals surface area contributed by atoms with E-state index in [4.69, 9.17) is 1.43 Å². The Hall–Kier alpha value is -1.20. The van der Waals surface area contributed by atoms with E-state index < -0.39 is 15.2 Å². The van der Waals surface area contributed by atoms with Crippen LogP contribution in [0, 0.1) is 6.92 Å². The number of rotatable bonds is 6. The highest BCUT2D eigenvalue weighted by Gasteiger charge is 2.25. The third-order valence-corrected chi connectivity index (χ3v) is 4.31. The summed E-state index contributed by atoms with van der Waals surface area (Å²) in [7, 11) is -3.53. The van der Waals surface area contributed by atoms with E-state index in [9.17, 15) is 8.42 Å². The van der Waals surface area contributed by atoms with Crippen molar-refractivity contribution in [1.82, 2.24) is 0 Å². The van der Waals surface area contributed by atoms with Crippen molar-refractivity contribution in [3.8, 4) is 0 Å². The van der Waals surface area contributed by atoms with Crippen LogP contribution in [-0.2, 0) is 9.84 Å². The lowest BCUT2D eigenvalue weighted by atomic mass is 10.2. The van der Waals surface area contributed by atoms with Gasteiger partial charge in [-0.2, -0.15) is 0 Å². The fraction of sp³-hybridized carbons (Fsp3) is 0.364. The summed E-state index contributed by atoms with van der Waals surface area (Å²) in [5.41, 5.74) is 0.988. The quantitative estimate of drug-likeness (QED) is 0.763. The predicted molar refractivity (Wildman–Crippen MR) is 63.4 cm³/mol. The summed E-state index contributed by atoms with van der Waals surface area (Å²) in [6.45, 7) is 5.17. The summed E-state index contributed by atoms with van der Waals surface area (Å²) in [5, 5.41) is 3.16. The molecule has 0 heterocycles. The molecule has 0 radical (unpaired) electrons. The van der Waals surface area contributed by atoms with E-state index in [1.54, 1.807) is 24.3 Å². The lowest BCUT2D eigenvalue weighted by Gasteiger charge is -2.11. The molecule has 0 aliphatic rings. The molecule has 1 aromatic carbocycles. The van der Waals surface area contributed by atoms with E-state index in [2.05, 4.69) is 16.8 Å². The zero-order valence-corrected chi connectivity index (χ0v) is 9.90. The highest BCUT2D eigenvalue weighted by Crippen LogP contribution is 2.19. The topological polar surface area (TPSA) is 66.7 Å². The van der Waals surface area contributed by atoms with E-state index in [1.165, 1.54) is 0 Å². The van der Waals surface area contributed by atoms with Gasteiger partial charge in [0, 0.05) is 13.0 Å². The summed E-state index contributed by atoms with van der Waals surface area (Å²) in [6, 6.07) is 6.55. The standard InChI is InChI=1S/C11H15NO3S/c1-9-3-5-10(6-4-9)16(14,15)11(12-2)7-8-13/h3-6,11,13H,2,7-8H2,1H3/i13T. The average molecular weight is 243 g/mol. The summed E-state index contributed by atoms with van der Waals surface area (Å²) >= 11 is 0. The molecule has 16 heavy (non-hydrogen) atoms. The zero-order chi connectivity index (χ0) is 12.9. The molecule has 1 atom stereocenters. The van der Waals surface area contributed by atoms with Crippen LogP contribution in [0.5, 0.6) is 0 Å². The Morgan fingerprint density at radius 2 is 2.12 bits per heavy atom. The number of aryl methyl sites for hydroxylation is 1. The highest BCUT2D eigenvalue weighted by molar-refractivity contribution is 7.92. The fourth-order valence-corrected chi connectivity index (χ4v) is 2.76. The van der Waals surface area contributed by atoms with Crippen LogP contribution in [0.4, 0.5) is 0 Å². The number of benzene rings is 1. The number of nitrogens with zero attached hydrogens (tertiary/aromatic N) is 1. The normalized spacial score (nSPS) is 14.2. The lowest BCUT2D eigenvalue weighted by Crippen LogP contribution is -2.20. The van der Waals surface area contributed by atoms with Gasteiger partial charge in [-0.1, -0.05) is 17.7 Å². The first-order chi connectivity index (χ1) is 8.02. The van der Waals surface area contributed by atoms with Crippen molar-refractivity contribution in [3.63, 3.8) is 0 Å². The van der Waals surface area contributed by atoms with Crippen LogP contribution in [-0.4, -0.2) is 33.7 Å². The second-order valence-corrected chi connectivity index (χ2v) is 5.59. The lowest BCUT2D eigenvalue weighted by molar-refractivity contribution is 0.286. The summed E-state index contributed by atoms with van der Waals surface area (Å²) < 4.78 is 30.8. The molecule has 0 aromatic heterocycles. The molecule has 0 saturated carbocycles. The Morgan fingerprint density at radius 3 is 2.62 bits per heavy atom. The smallest absolute Gasteiger partial charge is 0.210 e. The van der Waals surface area contributed by atoms with E-state index in [0.717, 1.165) is 5.56 Å². The molecule has 88 valence electrons. The summed E-state index contributed by atoms with van der Waals surface area (Å²) in [4.78, 5) is 3.81. The molecular formula is C11H15NO3S. The first kappa shape index (κ1) is 11.3. The molecule has 1 N–H and O–H groups in total. The molecule has 1 rings (SSSR count). The molecule has 0 amide bonds. The van der Waals surface area contributed by atoms with Crippen molar-refractivity contribution in [3.05, 3.63) is 29.8 Å². The first-order valence-electron chi connectivity index (χ1n) is 5.27. The van der Waals surface area contributed by atoms with E-state index in [0.29, 0.717) is 0 Å². The number of hydrogen-bond donors (Lipinski definition) is 1.